The average molecular weight is 256 g/mol. The molecule has 0 heterocycles. The van der Waals surface area contributed by atoms with Gasteiger partial charge in [0.1, 0.15) is 0 Å². The molecule has 2 unspecified atom stereocenters. The van der Waals surface area contributed by atoms with Gasteiger partial charge in [-0.05, 0) is 38.0 Å². The summed E-state index contributed by atoms with van der Waals surface area (Å²) in [7, 11) is -3.59. The summed E-state index contributed by atoms with van der Waals surface area (Å²) in [6.07, 6.45) is 1.06. The third-order valence-corrected chi connectivity index (χ3v) is 3.78. The van der Waals surface area contributed by atoms with Crippen molar-refractivity contribution in [3.8, 4) is 0 Å². The second-order valence-electron chi connectivity index (χ2n) is 4.31. The standard InChI is InChI=1S/C12H20N2O2S/c1-4-9(2)14-10(3)11-5-7-12(8-6-11)17(13,15)16/h5-10,14H,4H2,1-3H3,(H2,13,15,16). The zero-order valence-electron chi connectivity index (χ0n) is 10.5. The van der Waals surface area contributed by atoms with E-state index in [9.17, 15) is 8.42 Å². The summed E-state index contributed by atoms with van der Waals surface area (Å²) in [5.74, 6) is 0. The van der Waals surface area contributed by atoms with Gasteiger partial charge >= 0.3 is 0 Å². The van der Waals surface area contributed by atoms with Gasteiger partial charge in [-0.2, -0.15) is 0 Å². The summed E-state index contributed by atoms with van der Waals surface area (Å²) < 4.78 is 22.2. The summed E-state index contributed by atoms with van der Waals surface area (Å²) in [5.41, 5.74) is 1.05. The summed E-state index contributed by atoms with van der Waals surface area (Å²) in [4.78, 5) is 0.150. The van der Waals surface area contributed by atoms with Gasteiger partial charge in [-0.25, -0.2) is 13.6 Å². The van der Waals surface area contributed by atoms with E-state index in [4.69, 9.17) is 5.14 Å². The van der Waals surface area contributed by atoms with Crippen LogP contribution in [0.1, 0.15) is 38.8 Å². The van der Waals surface area contributed by atoms with E-state index in [2.05, 4.69) is 26.1 Å². The minimum absolute atomic E-state index is 0.150. The molecule has 0 saturated carbocycles. The first-order valence-corrected chi connectivity index (χ1v) is 7.28. The lowest BCUT2D eigenvalue weighted by Gasteiger charge is -2.19. The molecule has 0 saturated heterocycles. The molecule has 0 aromatic heterocycles. The second kappa shape index (κ2) is 5.62. The van der Waals surface area contributed by atoms with E-state index in [0.717, 1.165) is 12.0 Å². The minimum Gasteiger partial charge on any atom is -0.308 e. The molecule has 3 N–H and O–H groups in total. The molecule has 17 heavy (non-hydrogen) atoms. The quantitative estimate of drug-likeness (QED) is 0.843. The fraction of sp³-hybridized carbons (Fsp3) is 0.500. The molecule has 5 heteroatoms. The first kappa shape index (κ1) is 14.2. The van der Waals surface area contributed by atoms with E-state index < -0.39 is 10.0 Å². The normalized spacial score (nSPS) is 15.5. The topological polar surface area (TPSA) is 72.2 Å². The predicted molar refractivity (Wildman–Crippen MR) is 69.1 cm³/mol. The Labute approximate surface area is 103 Å². The van der Waals surface area contributed by atoms with Crippen molar-refractivity contribution in [3.05, 3.63) is 29.8 Å². The van der Waals surface area contributed by atoms with E-state index >= 15 is 0 Å². The van der Waals surface area contributed by atoms with Crippen LogP contribution < -0.4 is 10.5 Å². The van der Waals surface area contributed by atoms with Gasteiger partial charge in [0.05, 0.1) is 4.90 Å². The van der Waals surface area contributed by atoms with E-state index in [1.54, 1.807) is 24.3 Å². The Morgan fingerprint density at radius 1 is 1.24 bits per heavy atom. The van der Waals surface area contributed by atoms with Gasteiger partial charge < -0.3 is 5.32 Å². The van der Waals surface area contributed by atoms with E-state index in [1.807, 2.05) is 0 Å². The van der Waals surface area contributed by atoms with Crippen molar-refractivity contribution in [2.24, 2.45) is 5.14 Å². The number of nitrogens with two attached hydrogens (primary N) is 1. The monoisotopic (exact) mass is 256 g/mol. The Bertz CT molecular complexity index is 454. The van der Waals surface area contributed by atoms with Crippen LogP contribution in [0, 0.1) is 0 Å². The van der Waals surface area contributed by atoms with Crippen molar-refractivity contribution in [1.29, 1.82) is 0 Å². The smallest absolute Gasteiger partial charge is 0.238 e. The molecule has 0 fully saturated rings. The Morgan fingerprint density at radius 3 is 2.18 bits per heavy atom. The van der Waals surface area contributed by atoms with Crippen LogP contribution in [0.3, 0.4) is 0 Å². The number of nitrogens with one attached hydrogen (secondary N) is 1. The van der Waals surface area contributed by atoms with Crippen LogP contribution in [-0.2, 0) is 10.0 Å². The van der Waals surface area contributed by atoms with Gasteiger partial charge in [-0.1, -0.05) is 19.1 Å². The Balaban J connectivity index is 2.81. The summed E-state index contributed by atoms with van der Waals surface area (Å²) >= 11 is 0. The van der Waals surface area contributed by atoms with Gasteiger partial charge in [-0.15, -0.1) is 0 Å². The molecule has 0 amide bonds. The van der Waals surface area contributed by atoms with Crippen LogP contribution in [0.5, 0.6) is 0 Å². The van der Waals surface area contributed by atoms with Gasteiger partial charge in [-0.3, -0.25) is 0 Å². The largest absolute Gasteiger partial charge is 0.308 e. The van der Waals surface area contributed by atoms with Crippen LogP contribution >= 0.6 is 0 Å². The van der Waals surface area contributed by atoms with Crippen molar-refractivity contribution >= 4 is 10.0 Å². The molecule has 0 aliphatic heterocycles. The van der Waals surface area contributed by atoms with Crippen LogP contribution in [0.4, 0.5) is 0 Å². The lowest BCUT2D eigenvalue weighted by molar-refractivity contribution is 0.469. The molecule has 0 bridgehead atoms. The Kier molecular flexibility index (Phi) is 4.68. The second-order valence-corrected chi connectivity index (χ2v) is 5.87. The number of sulfonamides is 1. The minimum atomic E-state index is -3.59. The number of rotatable bonds is 5. The first-order chi connectivity index (χ1) is 7.84. The van der Waals surface area contributed by atoms with E-state index in [1.165, 1.54) is 0 Å². The molecular formula is C12H20N2O2S. The molecular weight excluding hydrogens is 236 g/mol. The van der Waals surface area contributed by atoms with Gasteiger partial charge in [0.15, 0.2) is 0 Å². The maximum Gasteiger partial charge on any atom is 0.238 e. The Hall–Kier alpha value is -0.910. The highest BCUT2D eigenvalue weighted by Gasteiger charge is 2.10. The summed E-state index contributed by atoms with van der Waals surface area (Å²) in [6.45, 7) is 6.29. The number of benzene rings is 1. The SMILES string of the molecule is CCC(C)NC(C)c1ccc(S(N)(=O)=O)cc1. The molecule has 1 rings (SSSR count). The van der Waals surface area contributed by atoms with Crippen molar-refractivity contribution in [3.63, 3.8) is 0 Å². The highest BCUT2D eigenvalue weighted by Crippen LogP contribution is 2.16. The van der Waals surface area contributed by atoms with Crippen LogP contribution in [0.25, 0.3) is 0 Å². The van der Waals surface area contributed by atoms with Crippen molar-refractivity contribution in [2.45, 2.75) is 44.2 Å². The van der Waals surface area contributed by atoms with E-state index in [-0.39, 0.29) is 10.9 Å². The zero-order valence-corrected chi connectivity index (χ0v) is 11.3. The number of primary sulfonamides is 1. The Morgan fingerprint density at radius 2 is 1.76 bits per heavy atom. The molecule has 0 radical (unpaired) electrons. The van der Waals surface area contributed by atoms with Gasteiger partial charge in [0.2, 0.25) is 10.0 Å². The highest BCUT2D eigenvalue weighted by atomic mass is 32.2. The van der Waals surface area contributed by atoms with Crippen molar-refractivity contribution in [1.82, 2.24) is 5.32 Å². The molecule has 0 spiro atoms. The van der Waals surface area contributed by atoms with Crippen molar-refractivity contribution < 1.29 is 8.42 Å². The summed E-state index contributed by atoms with van der Waals surface area (Å²) in [6, 6.07) is 7.29. The zero-order chi connectivity index (χ0) is 13.1. The fourth-order valence-corrected chi connectivity index (χ4v) is 2.10. The van der Waals surface area contributed by atoms with Gasteiger partial charge in [0, 0.05) is 12.1 Å². The molecule has 96 valence electrons. The van der Waals surface area contributed by atoms with Crippen molar-refractivity contribution in [2.75, 3.05) is 0 Å². The third kappa shape index (κ3) is 4.11. The molecule has 0 aliphatic rings. The average Bonchev–Trinajstić information content (AvgIpc) is 2.27. The van der Waals surface area contributed by atoms with Gasteiger partial charge in [0.25, 0.3) is 0 Å². The molecule has 0 aliphatic carbocycles. The predicted octanol–water partition coefficient (Wildman–Crippen LogP) is 1.78. The first-order valence-electron chi connectivity index (χ1n) is 5.73. The van der Waals surface area contributed by atoms with Crippen LogP contribution in [0.2, 0.25) is 0 Å². The maximum absolute atomic E-state index is 11.1. The maximum atomic E-state index is 11.1. The number of hydrogen-bond donors (Lipinski definition) is 2. The number of hydrogen-bond acceptors (Lipinski definition) is 3. The van der Waals surface area contributed by atoms with E-state index in [0.29, 0.717) is 6.04 Å². The molecule has 2 atom stereocenters. The molecule has 1 aromatic carbocycles. The van der Waals surface area contributed by atoms with Crippen LogP contribution in [0.15, 0.2) is 29.2 Å². The third-order valence-electron chi connectivity index (χ3n) is 2.86. The van der Waals surface area contributed by atoms with Crippen LogP contribution in [-0.4, -0.2) is 14.5 Å². The molecule has 4 nitrogen and oxygen atoms in total. The lowest BCUT2D eigenvalue weighted by Crippen LogP contribution is -2.28. The highest BCUT2D eigenvalue weighted by molar-refractivity contribution is 7.89. The fourth-order valence-electron chi connectivity index (χ4n) is 1.59. The summed E-state index contributed by atoms with van der Waals surface area (Å²) in [5, 5.41) is 8.47. The lowest BCUT2D eigenvalue weighted by atomic mass is 10.1. The molecule has 1 aromatic rings.